The van der Waals surface area contributed by atoms with Crippen molar-refractivity contribution in [3.63, 3.8) is 0 Å². The third kappa shape index (κ3) is 4.12. The number of alkyl halides is 2. The summed E-state index contributed by atoms with van der Waals surface area (Å²) in [6, 6.07) is 0. The molecule has 0 radical (unpaired) electrons. The SMILES string of the molecule is CN/C=C(/N)C(=N)OC(F)F. The molecule has 0 aromatic rings. The van der Waals surface area contributed by atoms with Gasteiger partial charge in [-0.15, -0.1) is 0 Å². The summed E-state index contributed by atoms with van der Waals surface area (Å²) in [5.74, 6) is -0.741. The molecule has 0 saturated heterocycles. The van der Waals surface area contributed by atoms with E-state index >= 15 is 0 Å². The highest BCUT2D eigenvalue weighted by Gasteiger charge is 2.08. The Morgan fingerprint density at radius 1 is 1.73 bits per heavy atom. The molecule has 0 aliphatic rings. The maximum absolute atomic E-state index is 11.4. The first kappa shape index (κ1) is 9.67. The van der Waals surface area contributed by atoms with Crippen molar-refractivity contribution in [2.24, 2.45) is 5.73 Å². The first-order valence-corrected chi connectivity index (χ1v) is 2.74. The van der Waals surface area contributed by atoms with Gasteiger partial charge in [0.15, 0.2) is 0 Å². The van der Waals surface area contributed by atoms with Crippen LogP contribution in [0.15, 0.2) is 11.9 Å². The lowest BCUT2D eigenvalue weighted by atomic mass is 10.5. The zero-order chi connectivity index (χ0) is 8.85. The summed E-state index contributed by atoms with van der Waals surface area (Å²) in [6.45, 7) is -3.01. The van der Waals surface area contributed by atoms with Crippen molar-refractivity contribution in [3.8, 4) is 0 Å². The second-order valence-electron chi connectivity index (χ2n) is 1.60. The van der Waals surface area contributed by atoms with Gasteiger partial charge in [-0.05, 0) is 0 Å². The molecule has 0 rings (SSSR count). The summed E-state index contributed by atoms with van der Waals surface area (Å²) >= 11 is 0. The van der Waals surface area contributed by atoms with Gasteiger partial charge in [-0.25, -0.2) is 0 Å². The van der Waals surface area contributed by atoms with Crippen molar-refractivity contribution in [1.82, 2.24) is 5.32 Å². The van der Waals surface area contributed by atoms with Crippen LogP contribution in [0.2, 0.25) is 0 Å². The van der Waals surface area contributed by atoms with E-state index in [2.05, 4.69) is 10.1 Å². The van der Waals surface area contributed by atoms with E-state index in [4.69, 9.17) is 11.1 Å². The average Bonchev–Trinajstić information content (AvgIpc) is 1.86. The van der Waals surface area contributed by atoms with Crippen LogP contribution in [0.5, 0.6) is 0 Å². The maximum atomic E-state index is 11.4. The molecule has 0 atom stereocenters. The summed E-state index contributed by atoms with van der Waals surface area (Å²) in [6.07, 6.45) is 1.19. The number of nitrogens with two attached hydrogens (primary N) is 1. The Bertz CT molecular complexity index is 169. The summed E-state index contributed by atoms with van der Waals surface area (Å²) in [4.78, 5) is 0. The van der Waals surface area contributed by atoms with E-state index < -0.39 is 12.5 Å². The molecule has 0 amide bonds. The lowest BCUT2D eigenvalue weighted by molar-refractivity contribution is -0.0606. The average molecular weight is 165 g/mol. The molecule has 0 aromatic carbocycles. The molecule has 0 aromatic heterocycles. The van der Waals surface area contributed by atoms with Gasteiger partial charge in [0.1, 0.15) is 5.70 Å². The topological polar surface area (TPSA) is 71.1 Å². The van der Waals surface area contributed by atoms with Crippen molar-refractivity contribution >= 4 is 5.90 Å². The van der Waals surface area contributed by atoms with Crippen LogP contribution in [0.4, 0.5) is 8.78 Å². The minimum absolute atomic E-state index is 0.173. The van der Waals surface area contributed by atoms with Gasteiger partial charge in [-0.2, -0.15) is 8.78 Å². The molecule has 0 bridgehead atoms. The molecule has 11 heavy (non-hydrogen) atoms. The monoisotopic (exact) mass is 165 g/mol. The van der Waals surface area contributed by atoms with E-state index in [-0.39, 0.29) is 5.70 Å². The fraction of sp³-hybridized carbons (Fsp3) is 0.400. The second-order valence-corrected chi connectivity index (χ2v) is 1.60. The Kier molecular flexibility index (Phi) is 3.94. The highest BCUT2D eigenvalue weighted by atomic mass is 19.3. The van der Waals surface area contributed by atoms with E-state index in [1.807, 2.05) is 0 Å². The van der Waals surface area contributed by atoms with Crippen LogP contribution in [-0.2, 0) is 4.74 Å². The van der Waals surface area contributed by atoms with Crippen LogP contribution >= 0.6 is 0 Å². The number of ether oxygens (including phenoxy) is 1. The first-order valence-electron chi connectivity index (χ1n) is 2.74. The fourth-order valence-electron chi connectivity index (χ4n) is 0.378. The van der Waals surface area contributed by atoms with Crippen molar-refractivity contribution in [2.45, 2.75) is 6.61 Å². The standard InChI is InChI=1S/C5H9F2N3O/c1-10-2-3(8)4(9)11-5(6)7/h2,5,9-10H,8H2,1H3/b3-2+,9-4?. The first-order chi connectivity index (χ1) is 5.07. The van der Waals surface area contributed by atoms with Crippen molar-refractivity contribution in [2.75, 3.05) is 7.05 Å². The largest absolute Gasteiger partial charge is 0.415 e. The number of nitrogens with one attached hydrogen (secondary N) is 2. The minimum atomic E-state index is -3.01. The molecule has 4 nitrogen and oxygen atoms in total. The lowest BCUT2D eigenvalue weighted by Crippen LogP contribution is -2.18. The van der Waals surface area contributed by atoms with E-state index in [9.17, 15) is 8.78 Å². The Morgan fingerprint density at radius 2 is 2.27 bits per heavy atom. The van der Waals surface area contributed by atoms with Crippen LogP contribution in [0.1, 0.15) is 0 Å². The molecule has 4 N–H and O–H groups in total. The predicted molar refractivity (Wildman–Crippen MR) is 36.1 cm³/mol. The van der Waals surface area contributed by atoms with Gasteiger partial charge >= 0.3 is 6.61 Å². The summed E-state index contributed by atoms with van der Waals surface area (Å²) in [7, 11) is 1.53. The number of halogens is 2. The van der Waals surface area contributed by atoms with Gasteiger partial charge in [0.05, 0.1) is 0 Å². The number of hydrogen-bond acceptors (Lipinski definition) is 4. The van der Waals surface area contributed by atoms with E-state index in [1.165, 1.54) is 13.2 Å². The Hall–Kier alpha value is -1.33. The number of rotatable bonds is 3. The van der Waals surface area contributed by atoms with Gasteiger partial charge in [0.25, 0.3) is 0 Å². The van der Waals surface area contributed by atoms with Crippen molar-refractivity contribution in [3.05, 3.63) is 11.9 Å². The van der Waals surface area contributed by atoms with Gasteiger partial charge in [0, 0.05) is 13.2 Å². The maximum Gasteiger partial charge on any atom is 0.388 e. The number of hydrogen-bond donors (Lipinski definition) is 3. The Labute approximate surface area is 62.5 Å². The van der Waals surface area contributed by atoms with Crippen LogP contribution in [0.25, 0.3) is 0 Å². The molecule has 0 aliphatic carbocycles. The summed E-state index contributed by atoms with van der Waals surface area (Å²) in [5, 5.41) is 9.26. The molecular weight excluding hydrogens is 156 g/mol. The Morgan fingerprint density at radius 3 is 2.64 bits per heavy atom. The van der Waals surface area contributed by atoms with Crippen molar-refractivity contribution in [1.29, 1.82) is 5.41 Å². The van der Waals surface area contributed by atoms with Crippen LogP contribution in [0, 0.1) is 5.41 Å². The highest BCUT2D eigenvalue weighted by molar-refractivity contribution is 5.89. The van der Waals surface area contributed by atoms with Crippen LogP contribution in [-0.4, -0.2) is 19.6 Å². The third-order valence-corrected chi connectivity index (χ3v) is 0.769. The summed E-state index contributed by atoms with van der Waals surface area (Å²) < 4.78 is 26.5. The molecule has 0 saturated carbocycles. The zero-order valence-electron chi connectivity index (χ0n) is 5.90. The predicted octanol–water partition coefficient (Wildman–Crippen LogP) is 0.222. The molecule has 0 spiro atoms. The van der Waals surface area contributed by atoms with E-state index in [1.54, 1.807) is 0 Å². The quantitative estimate of drug-likeness (QED) is 0.414. The summed E-state index contributed by atoms with van der Waals surface area (Å²) in [5.41, 5.74) is 4.92. The molecule has 0 unspecified atom stereocenters. The smallest absolute Gasteiger partial charge is 0.388 e. The van der Waals surface area contributed by atoms with E-state index in [0.717, 1.165) is 0 Å². The lowest BCUT2D eigenvalue weighted by Gasteiger charge is -2.04. The third-order valence-electron chi connectivity index (χ3n) is 0.769. The van der Waals surface area contributed by atoms with Gasteiger partial charge in [-0.1, -0.05) is 0 Å². The van der Waals surface area contributed by atoms with Gasteiger partial charge in [0.2, 0.25) is 5.90 Å². The second kappa shape index (κ2) is 4.48. The van der Waals surface area contributed by atoms with Crippen LogP contribution in [0.3, 0.4) is 0 Å². The molecule has 64 valence electrons. The fourth-order valence-corrected chi connectivity index (χ4v) is 0.378. The molecule has 0 aliphatic heterocycles. The van der Waals surface area contributed by atoms with Gasteiger partial charge < -0.3 is 15.8 Å². The minimum Gasteiger partial charge on any atom is -0.415 e. The molecule has 0 heterocycles. The van der Waals surface area contributed by atoms with Gasteiger partial charge in [-0.3, -0.25) is 5.41 Å². The molecular formula is C5H9F2N3O. The van der Waals surface area contributed by atoms with Crippen LogP contribution < -0.4 is 11.1 Å². The van der Waals surface area contributed by atoms with Crippen molar-refractivity contribution < 1.29 is 13.5 Å². The zero-order valence-corrected chi connectivity index (χ0v) is 5.90. The molecule has 0 fully saturated rings. The Balaban J connectivity index is 3.93. The van der Waals surface area contributed by atoms with E-state index in [0.29, 0.717) is 0 Å². The highest BCUT2D eigenvalue weighted by Crippen LogP contribution is 1.98. The molecule has 6 heteroatoms. The normalized spacial score (nSPS) is 11.5.